The van der Waals surface area contributed by atoms with Crippen LogP contribution in [0.2, 0.25) is 0 Å². The van der Waals surface area contributed by atoms with Crippen LogP contribution >= 0.6 is 0 Å². The van der Waals surface area contributed by atoms with Crippen LogP contribution in [0, 0.1) is 21.4 Å². The van der Waals surface area contributed by atoms with Gasteiger partial charge in [-0.2, -0.15) is 0 Å². The molecule has 1 aromatic rings. The Bertz CT molecular complexity index is 566. The van der Waals surface area contributed by atoms with Gasteiger partial charge in [-0.15, -0.1) is 0 Å². The van der Waals surface area contributed by atoms with E-state index in [1.807, 2.05) is 0 Å². The van der Waals surface area contributed by atoms with Gasteiger partial charge >= 0.3 is 5.82 Å². The van der Waals surface area contributed by atoms with Crippen LogP contribution < -0.4 is 5.32 Å². The number of nitrogens with one attached hydrogen (secondary N) is 1. The van der Waals surface area contributed by atoms with Gasteiger partial charge in [0, 0.05) is 31.0 Å². The smallest absolute Gasteiger partial charge is 0.377 e. The summed E-state index contributed by atoms with van der Waals surface area (Å²) in [7, 11) is 1.79. The molecule has 1 spiro atoms. The predicted molar refractivity (Wildman–Crippen MR) is 71.4 cm³/mol. The summed E-state index contributed by atoms with van der Waals surface area (Å²) < 4.78 is 7.57. The molecule has 1 aromatic heterocycles. The van der Waals surface area contributed by atoms with E-state index in [-0.39, 0.29) is 17.3 Å². The minimum absolute atomic E-state index is 0.0793. The Kier molecular flexibility index (Phi) is 2.39. The molecule has 2 saturated carbocycles. The average Bonchev–Trinajstić information content (AvgIpc) is 2.90. The highest BCUT2D eigenvalue weighted by Crippen LogP contribution is 2.63. The number of nitrogens with zero attached hydrogens (tertiary/aromatic N) is 3. The first-order valence-corrected chi connectivity index (χ1v) is 7.17. The topological polar surface area (TPSA) is 82.2 Å². The van der Waals surface area contributed by atoms with E-state index in [4.69, 9.17) is 4.74 Å². The lowest BCUT2D eigenvalue weighted by atomic mass is 9.46. The van der Waals surface area contributed by atoms with Crippen molar-refractivity contribution in [3.05, 3.63) is 16.4 Å². The van der Waals surface area contributed by atoms with Crippen LogP contribution in [0.25, 0.3) is 0 Å². The van der Waals surface area contributed by atoms with E-state index >= 15 is 0 Å². The SMILES string of the molecule is Cn1cnc([N+](=O)[O-])c1NC1C2CCOC2C12CCC2. The van der Waals surface area contributed by atoms with Crippen molar-refractivity contribution < 1.29 is 9.66 Å². The van der Waals surface area contributed by atoms with Crippen LogP contribution in [0.5, 0.6) is 0 Å². The second kappa shape index (κ2) is 3.94. The maximum absolute atomic E-state index is 11.1. The lowest BCUT2D eigenvalue weighted by Crippen LogP contribution is -2.69. The number of imidazole rings is 1. The highest BCUT2D eigenvalue weighted by molar-refractivity contribution is 5.54. The summed E-state index contributed by atoms with van der Waals surface area (Å²) in [6.45, 7) is 0.822. The molecular formula is C13H18N4O3. The van der Waals surface area contributed by atoms with Crippen LogP contribution in [-0.4, -0.2) is 33.2 Å². The standard InChI is InChI=1S/C13H18N4O3/c1-16-7-14-11(17(18)19)12(16)15-9-8-3-6-20-10(8)13(9)4-2-5-13/h7-10,15H,2-6H2,1H3. The maximum Gasteiger partial charge on any atom is 0.406 e. The molecule has 1 aliphatic heterocycles. The van der Waals surface area contributed by atoms with Crippen LogP contribution in [0.3, 0.4) is 0 Å². The Morgan fingerprint density at radius 2 is 2.40 bits per heavy atom. The monoisotopic (exact) mass is 278 g/mol. The molecule has 1 saturated heterocycles. The normalized spacial score (nSPS) is 33.4. The van der Waals surface area contributed by atoms with Crippen LogP contribution in [0.15, 0.2) is 6.33 Å². The van der Waals surface area contributed by atoms with Gasteiger partial charge in [-0.05, 0) is 29.2 Å². The van der Waals surface area contributed by atoms with Crippen LogP contribution in [0.1, 0.15) is 25.7 Å². The first kappa shape index (κ1) is 12.1. The fourth-order valence-electron chi connectivity index (χ4n) is 4.32. The Labute approximate surface area is 116 Å². The number of fused-ring (bicyclic) bond motifs is 2. The molecule has 108 valence electrons. The number of nitro groups is 1. The van der Waals surface area contributed by atoms with Crippen molar-refractivity contribution in [3.63, 3.8) is 0 Å². The molecule has 20 heavy (non-hydrogen) atoms. The zero-order chi connectivity index (χ0) is 13.9. The van der Waals surface area contributed by atoms with Gasteiger partial charge in [-0.3, -0.25) is 4.57 Å². The van der Waals surface area contributed by atoms with Gasteiger partial charge in [0.1, 0.15) is 0 Å². The second-order valence-electron chi connectivity index (χ2n) is 6.24. The third-order valence-corrected chi connectivity index (χ3v) is 5.42. The number of aromatic nitrogens is 2. The maximum atomic E-state index is 11.1. The molecule has 3 fully saturated rings. The van der Waals surface area contributed by atoms with Gasteiger partial charge < -0.3 is 20.2 Å². The Morgan fingerprint density at radius 1 is 1.60 bits per heavy atom. The number of anilines is 1. The highest BCUT2D eigenvalue weighted by atomic mass is 16.6. The van der Waals surface area contributed by atoms with Crippen molar-refractivity contribution in [2.75, 3.05) is 11.9 Å². The van der Waals surface area contributed by atoms with E-state index in [9.17, 15) is 10.1 Å². The Hall–Kier alpha value is -1.63. The number of hydrogen-bond donors (Lipinski definition) is 1. The zero-order valence-electron chi connectivity index (χ0n) is 11.4. The lowest BCUT2D eigenvalue weighted by Gasteiger charge is -2.63. The second-order valence-corrected chi connectivity index (χ2v) is 6.24. The largest absolute Gasteiger partial charge is 0.406 e. The number of aryl methyl sites for hydroxylation is 1. The third-order valence-electron chi connectivity index (χ3n) is 5.42. The van der Waals surface area contributed by atoms with Crippen molar-refractivity contribution in [2.24, 2.45) is 18.4 Å². The summed E-state index contributed by atoms with van der Waals surface area (Å²) in [4.78, 5) is 14.5. The van der Waals surface area contributed by atoms with Gasteiger partial charge in [0.15, 0.2) is 0 Å². The average molecular weight is 278 g/mol. The van der Waals surface area contributed by atoms with E-state index in [0.717, 1.165) is 25.9 Å². The molecule has 3 unspecified atom stereocenters. The Morgan fingerprint density at radius 3 is 3.05 bits per heavy atom. The summed E-state index contributed by atoms with van der Waals surface area (Å²) in [6, 6.07) is 0.290. The van der Waals surface area contributed by atoms with E-state index < -0.39 is 4.92 Å². The molecule has 0 radical (unpaired) electrons. The first-order valence-electron chi connectivity index (χ1n) is 7.17. The number of ether oxygens (including phenoxy) is 1. The van der Waals surface area contributed by atoms with E-state index in [1.54, 1.807) is 11.6 Å². The molecule has 3 aliphatic rings. The molecule has 0 bridgehead atoms. The highest BCUT2D eigenvalue weighted by Gasteiger charge is 2.66. The van der Waals surface area contributed by atoms with Crippen molar-refractivity contribution >= 4 is 11.6 Å². The quantitative estimate of drug-likeness (QED) is 0.672. The van der Waals surface area contributed by atoms with Crippen molar-refractivity contribution in [3.8, 4) is 0 Å². The van der Waals surface area contributed by atoms with Gasteiger partial charge in [0.2, 0.25) is 12.1 Å². The van der Waals surface area contributed by atoms with E-state index in [2.05, 4.69) is 10.3 Å². The molecule has 4 rings (SSSR count). The van der Waals surface area contributed by atoms with Crippen LogP contribution in [0.4, 0.5) is 11.6 Å². The molecule has 0 aromatic carbocycles. The molecule has 7 nitrogen and oxygen atoms in total. The molecular weight excluding hydrogens is 260 g/mol. The summed E-state index contributed by atoms with van der Waals surface area (Å²) >= 11 is 0. The summed E-state index contributed by atoms with van der Waals surface area (Å²) in [5.41, 5.74) is 0.208. The molecule has 2 heterocycles. The van der Waals surface area contributed by atoms with E-state index in [0.29, 0.717) is 17.8 Å². The predicted octanol–water partition coefficient (Wildman–Crippen LogP) is 1.70. The molecule has 1 N–H and O–H groups in total. The summed E-state index contributed by atoms with van der Waals surface area (Å²) in [5.74, 6) is 0.936. The Balaban J connectivity index is 1.63. The van der Waals surface area contributed by atoms with Gasteiger partial charge in [0.25, 0.3) is 0 Å². The minimum Gasteiger partial charge on any atom is -0.377 e. The van der Waals surface area contributed by atoms with Gasteiger partial charge in [-0.1, -0.05) is 6.42 Å². The molecule has 3 atom stereocenters. The van der Waals surface area contributed by atoms with Gasteiger partial charge in [-0.25, -0.2) is 0 Å². The summed E-state index contributed by atoms with van der Waals surface area (Å²) in [6.07, 6.45) is 6.47. The van der Waals surface area contributed by atoms with Gasteiger partial charge in [0.05, 0.1) is 6.10 Å². The lowest BCUT2D eigenvalue weighted by molar-refractivity contribution is -0.388. The molecule has 2 aliphatic carbocycles. The fraction of sp³-hybridized carbons (Fsp3) is 0.769. The third kappa shape index (κ3) is 1.36. The molecule has 7 heteroatoms. The van der Waals surface area contributed by atoms with Crippen LogP contribution in [-0.2, 0) is 11.8 Å². The fourth-order valence-corrected chi connectivity index (χ4v) is 4.32. The number of hydrogen-bond acceptors (Lipinski definition) is 5. The van der Waals surface area contributed by atoms with Crippen molar-refractivity contribution in [2.45, 2.75) is 37.8 Å². The van der Waals surface area contributed by atoms with E-state index in [1.165, 1.54) is 12.7 Å². The minimum atomic E-state index is -0.420. The number of rotatable bonds is 3. The molecule has 0 amide bonds. The first-order chi connectivity index (χ1) is 9.63. The van der Waals surface area contributed by atoms with Crippen molar-refractivity contribution in [1.82, 2.24) is 9.55 Å². The summed E-state index contributed by atoms with van der Waals surface area (Å²) in [5, 5.41) is 14.5. The van der Waals surface area contributed by atoms with Crippen molar-refractivity contribution in [1.29, 1.82) is 0 Å². The zero-order valence-corrected chi connectivity index (χ0v) is 11.4.